The van der Waals surface area contributed by atoms with Crippen LogP contribution in [0, 0.1) is 0 Å². The molecule has 0 aromatic carbocycles. The van der Waals surface area contributed by atoms with Gasteiger partial charge in [0.25, 0.3) is 5.91 Å². The monoisotopic (exact) mass is 321 g/mol. The quantitative estimate of drug-likeness (QED) is 0.801. The fraction of sp³-hybridized carbons (Fsp3) is 0.231. The number of hydrogen-bond donors (Lipinski definition) is 1. The third kappa shape index (κ3) is 2.74. The highest BCUT2D eigenvalue weighted by molar-refractivity contribution is 7.15. The summed E-state index contributed by atoms with van der Waals surface area (Å²) in [6.45, 7) is 2.07. The van der Waals surface area contributed by atoms with Gasteiger partial charge in [0.05, 0.1) is 0 Å². The minimum absolute atomic E-state index is 0.164. The summed E-state index contributed by atoms with van der Waals surface area (Å²) in [5.41, 5.74) is 0.913. The molecule has 0 aliphatic carbocycles. The van der Waals surface area contributed by atoms with E-state index in [1.165, 1.54) is 11.3 Å². The largest absolute Gasteiger partial charge is 0.295 e. The zero-order valence-corrected chi connectivity index (χ0v) is 12.8. The average molecular weight is 322 g/mol. The highest BCUT2D eigenvalue weighted by atomic mass is 35.5. The van der Waals surface area contributed by atoms with Crippen molar-refractivity contribution in [1.29, 1.82) is 0 Å². The van der Waals surface area contributed by atoms with Crippen molar-refractivity contribution in [3.63, 3.8) is 0 Å². The number of nitrogens with zero attached hydrogens (tertiary/aromatic N) is 4. The zero-order chi connectivity index (χ0) is 14.8. The number of carbonyl (C=O) groups is 1. The molecule has 0 atom stereocenters. The molecule has 0 radical (unpaired) electrons. The van der Waals surface area contributed by atoms with E-state index in [-0.39, 0.29) is 11.1 Å². The van der Waals surface area contributed by atoms with Crippen molar-refractivity contribution >= 4 is 39.6 Å². The highest BCUT2D eigenvalue weighted by Gasteiger charge is 2.19. The third-order valence-corrected chi connectivity index (χ3v) is 4.02. The second-order valence-corrected chi connectivity index (χ2v) is 5.81. The van der Waals surface area contributed by atoms with Gasteiger partial charge in [-0.2, -0.15) is 0 Å². The Morgan fingerprint density at radius 3 is 3.10 bits per heavy atom. The fourth-order valence-electron chi connectivity index (χ4n) is 1.95. The Bertz CT molecular complexity index is 797. The first-order valence-corrected chi connectivity index (χ1v) is 7.64. The SMILES string of the molecule is CCCc1nnc(NC(=O)c2c(Cl)nc3ccccn23)s1. The van der Waals surface area contributed by atoms with Crippen LogP contribution in [0.5, 0.6) is 0 Å². The van der Waals surface area contributed by atoms with E-state index in [2.05, 4.69) is 27.4 Å². The smallest absolute Gasteiger partial charge is 0.277 e. The minimum atomic E-state index is -0.349. The summed E-state index contributed by atoms with van der Waals surface area (Å²) in [6.07, 6.45) is 3.58. The lowest BCUT2D eigenvalue weighted by Gasteiger charge is -2.01. The van der Waals surface area contributed by atoms with Crippen molar-refractivity contribution in [2.45, 2.75) is 19.8 Å². The van der Waals surface area contributed by atoms with Crippen LogP contribution in [0.1, 0.15) is 28.8 Å². The van der Waals surface area contributed by atoms with Gasteiger partial charge in [-0.25, -0.2) is 4.98 Å². The normalized spacial score (nSPS) is 11.0. The maximum Gasteiger partial charge on any atom is 0.277 e. The van der Waals surface area contributed by atoms with Crippen LogP contribution < -0.4 is 5.32 Å². The maximum atomic E-state index is 12.4. The number of pyridine rings is 1. The summed E-state index contributed by atoms with van der Waals surface area (Å²) in [5, 5.41) is 12.2. The molecule has 0 aliphatic heterocycles. The topological polar surface area (TPSA) is 72.2 Å². The molecule has 3 aromatic rings. The zero-order valence-electron chi connectivity index (χ0n) is 11.2. The molecule has 3 heterocycles. The Hall–Kier alpha value is -1.99. The molecule has 3 rings (SSSR count). The van der Waals surface area contributed by atoms with E-state index in [0.717, 1.165) is 17.8 Å². The molecule has 1 amide bonds. The van der Waals surface area contributed by atoms with Crippen molar-refractivity contribution in [2.75, 3.05) is 5.32 Å². The van der Waals surface area contributed by atoms with Gasteiger partial charge in [-0.15, -0.1) is 10.2 Å². The molecule has 21 heavy (non-hydrogen) atoms. The number of amides is 1. The molecule has 3 aromatic heterocycles. The Morgan fingerprint density at radius 1 is 1.43 bits per heavy atom. The van der Waals surface area contributed by atoms with Crippen LogP contribution in [0.4, 0.5) is 5.13 Å². The molecule has 0 unspecified atom stereocenters. The second kappa shape index (κ2) is 5.79. The highest BCUT2D eigenvalue weighted by Crippen LogP contribution is 2.21. The molecule has 1 N–H and O–H groups in total. The summed E-state index contributed by atoms with van der Waals surface area (Å²) >= 11 is 7.43. The molecular weight excluding hydrogens is 310 g/mol. The second-order valence-electron chi connectivity index (χ2n) is 4.39. The van der Waals surface area contributed by atoms with Crippen molar-refractivity contribution < 1.29 is 4.79 Å². The van der Waals surface area contributed by atoms with E-state index >= 15 is 0 Å². The molecule has 0 fully saturated rings. The van der Waals surface area contributed by atoms with E-state index in [1.54, 1.807) is 16.7 Å². The standard InChI is InChI=1S/C13H12ClN5OS/c1-2-5-9-17-18-13(21-9)16-12(20)10-11(14)15-8-6-3-4-7-19(8)10/h3-4,6-7H,2,5H2,1H3,(H,16,18,20). The van der Waals surface area contributed by atoms with E-state index in [9.17, 15) is 4.79 Å². The molecule has 8 heteroatoms. The molecule has 108 valence electrons. The number of nitrogens with one attached hydrogen (secondary N) is 1. The number of halogens is 1. The van der Waals surface area contributed by atoms with Crippen molar-refractivity contribution in [3.05, 3.63) is 40.3 Å². The van der Waals surface area contributed by atoms with Gasteiger partial charge in [-0.05, 0) is 18.6 Å². The van der Waals surface area contributed by atoms with E-state index in [0.29, 0.717) is 16.5 Å². The molecule has 0 saturated heterocycles. The van der Waals surface area contributed by atoms with Crippen LogP contribution >= 0.6 is 22.9 Å². The molecule has 0 bridgehead atoms. The third-order valence-electron chi connectivity index (χ3n) is 2.85. The van der Waals surface area contributed by atoms with Gasteiger partial charge in [0, 0.05) is 12.6 Å². The maximum absolute atomic E-state index is 12.4. The Balaban J connectivity index is 1.88. The van der Waals surface area contributed by atoms with Crippen LogP contribution in [0.15, 0.2) is 24.4 Å². The van der Waals surface area contributed by atoms with Gasteiger partial charge in [-0.3, -0.25) is 14.5 Å². The summed E-state index contributed by atoms with van der Waals surface area (Å²) in [4.78, 5) is 16.5. The van der Waals surface area contributed by atoms with Crippen LogP contribution in [0.2, 0.25) is 5.15 Å². The molecule has 0 spiro atoms. The van der Waals surface area contributed by atoms with Crippen LogP contribution in [0.3, 0.4) is 0 Å². The first kappa shape index (κ1) is 14.0. The van der Waals surface area contributed by atoms with E-state index in [4.69, 9.17) is 11.6 Å². The summed E-state index contributed by atoms with van der Waals surface area (Å²) in [6, 6.07) is 5.43. The number of hydrogen-bond acceptors (Lipinski definition) is 5. The minimum Gasteiger partial charge on any atom is -0.295 e. The number of fused-ring (bicyclic) bond motifs is 1. The first-order chi connectivity index (χ1) is 10.2. The lowest BCUT2D eigenvalue weighted by molar-refractivity contribution is 0.102. The van der Waals surface area contributed by atoms with E-state index in [1.807, 2.05) is 12.1 Å². The number of aryl methyl sites for hydroxylation is 1. The van der Waals surface area contributed by atoms with Crippen LogP contribution in [-0.4, -0.2) is 25.5 Å². The van der Waals surface area contributed by atoms with Crippen molar-refractivity contribution in [2.24, 2.45) is 0 Å². The van der Waals surface area contributed by atoms with Gasteiger partial charge < -0.3 is 0 Å². The van der Waals surface area contributed by atoms with Crippen LogP contribution in [0.25, 0.3) is 5.65 Å². The van der Waals surface area contributed by atoms with Gasteiger partial charge >= 0.3 is 0 Å². The van der Waals surface area contributed by atoms with Gasteiger partial charge in [0.1, 0.15) is 10.7 Å². The summed E-state index contributed by atoms with van der Waals surface area (Å²) < 4.78 is 1.64. The number of imidazole rings is 1. The Morgan fingerprint density at radius 2 is 2.29 bits per heavy atom. The number of carbonyl (C=O) groups excluding carboxylic acids is 1. The molecule has 0 aliphatic rings. The van der Waals surface area contributed by atoms with E-state index < -0.39 is 0 Å². The van der Waals surface area contributed by atoms with Crippen molar-refractivity contribution in [3.8, 4) is 0 Å². The fourth-order valence-corrected chi connectivity index (χ4v) is 3.05. The van der Waals surface area contributed by atoms with Gasteiger partial charge in [0.15, 0.2) is 10.8 Å². The molecule has 0 saturated carbocycles. The summed E-state index contributed by atoms with van der Waals surface area (Å²) in [5.74, 6) is -0.349. The Kier molecular flexibility index (Phi) is 3.85. The molecule has 6 nitrogen and oxygen atoms in total. The predicted molar refractivity (Wildman–Crippen MR) is 82.1 cm³/mol. The first-order valence-electron chi connectivity index (χ1n) is 6.45. The molecular formula is C13H12ClN5OS. The lowest BCUT2D eigenvalue weighted by Crippen LogP contribution is -2.14. The average Bonchev–Trinajstić information content (AvgIpc) is 3.02. The van der Waals surface area contributed by atoms with Crippen LogP contribution in [-0.2, 0) is 6.42 Å². The lowest BCUT2D eigenvalue weighted by atomic mass is 10.4. The summed E-state index contributed by atoms with van der Waals surface area (Å²) in [7, 11) is 0. The Labute approximate surface area is 129 Å². The van der Waals surface area contributed by atoms with Gasteiger partial charge in [0.2, 0.25) is 5.13 Å². The number of rotatable bonds is 4. The van der Waals surface area contributed by atoms with Gasteiger partial charge in [-0.1, -0.05) is 35.9 Å². The number of anilines is 1. The number of aromatic nitrogens is 4. The van der Waals surface area contributed by atoms with Crippen molar-refractivity contribution in [1.82, 2.24) is 19.6 Å². The predicted octanol–water partition coefficient (Wildman–Crippen LogP) is 3.04.